The molecule has 2 N–H and O–H groups in total. The maximum atomic E-state index is 8.60. The first-order chi connectivity index (χ1) is 8.83. The van der Waals surface area contributed by atoms with E-state index in [1.807, 2.05) is 0 Å². The number of hydrogen-bond donors (Lipinski definition) is 2. The van der Waals surface area contributed by atoms with Gasteiger partial charge in [-0.2, -0.15) is 0 Å². The second kappa shape index (κ2) is 21.5. The minimum absolute atomic E-state index is 0.250. The summed E-state index contributed by atoms with van der Waals surface area (Å²) in [5.74, 6) is 0. The van der Waals surface area contributed by atoms with Gasteiger partial charge >= 0.3 is 0 Å². The van der Waals surface area contributed by atoms with Gasteiger partial charge in [-0.3, -0.25) is 4.79 Å². The van der Waals surface area contributed by atoms with Crippen molar-refractivity contribution in [1.82, 2.24) is 0 Å². The van der Waals surface area contributed by atoms with Gasteiger partial charge in [-0.15, -0.1) is 0 Å². The third kappa shape index (κ3) is 24.4. The van der Waals surface area contributed by atoms with E-state index in [0.717, 1.165) is 6.42 Å². The largest absolute Gasteiger partial charge is 0.483 e. The van der Waals surface area contributed by atoms with Crippen LogP contribution in [0, 0.1) is 0 Å². The smallest absolute Gasteiger partial charge is 0.290 e. The second-order valence-corrected chi connectivity index (χ2v) is 4.35. The van der Waals surface area contributed by atoms with Crippen LogP contribution >= 0.6 is 0 Å². The van der Waals surface area contributed by atoms with Crippen molar-refractivity contribution >= 4 is 6.47 Å². The first-order valence-electron chi connectivity index (χ1n) is 7.17. The predicted molar refractivity (Wildman–Crippen MR) is 76.8 cm³/mol. The molecule has 0 atom stereocenters. The lowest BCUT2D eigenvalue weighted by molar-refractivity contribution is -0.122. The molecule has 0 bridgehead atoms. The van der Waals surface area contributed by atoms with Crippen LogP contribution in [0.3, 0.4) is 0 Å². The third-order valence-electron chi connectivity index (χ3n) is 2.67. The molecular formula is C15H30O3. The zero-order valence-corrected chi connectivity index (χ0v) is 11.8. The lowest BCUT2D eigenvalue weighted by Gasteiger charge is -1.98. The van der Waals surface area contributed by atoms with Gasteiger partial charge in [-0.05, 0) is 25.7 Å². The molecule has 0 amide bonds. The van der Waals surface area contributed by atoms with Gasteiger partial charge in [0.1, 0.15) is 0 Å². The zero-order valence-electron chi connectivity index (χ0n) is 11.8. The van der Waals surface area contributed by atoms with Gasteiger partial charge in [0.05, 0.1) is 0 Å². The molecule has 0 aliphatic carbocycles. The zero-order chi connectivity index (χ0) is 13.9. The van der Waals surface area contributed by atoms with E-state index in [0.29, 0.717) is 6.61 Å². The molecule has 0 aromatic carbocycles. The molecule has 18 heavy (non-hydrogen) atoms. The molecule has 0 aromatic heterocycles. The van der Waals surface area contributed by atoms with E-state index in [2.05, 4.69) is 19.1 Å². The molecule has 0 fully saturated rings. The van der Waals surface area contributed by atoms with Gasteiger partial charge < -0.3 is 10.2 Å². The van der Waals surface area contributed by atoms with E-state index in [-0.39, 0.29) is 6.47 Å². The second-order valence-electron chi connectivity index (χ2n) is 4.35. The summed E-state index contributed by atoms with van der Waals surface area (Å²) in [4.78, 5) is 8.36. The number of aliphatic hydroxyl groups is 1. The lowest BCUT2D eigenvalue weighted by atomic mass is 10.1. The summed E-state index contributed by atoms with van der Waals surface area (Å²) >= 11 is 0. The van der Waals surface area contributed by atoms with Crippen molar-refractivity contribution in [2.75, 3.05) is 6.61 Å². The minimum Gasteiger partial charge on any atom is -0.483 e. The van der Waals surface area contributed by atoms with E-state index in [1.165, 1.54) is 57.8 Å². The summed E-state index contributed by atoms with van der Waals surface area (Å²) < 4.78 is 0. The Labute approximate surface area is 112 Å². The fraction of sp³-hybridized carbons (Fsp3) is 0.800. The lowest BCUT2D eigenvalue weighted by Crippen LogP contribution is -1.83. The number of carboxylic acid groups (broad SMARTS) is 1. The molecule has 0 aromatic rings. The molecule has 3 nitrogen and oxygen atoms in total. The quantitative estimate of drug-likeness (QED) is 0.332. The molecule has 0 aliphatic rings. The molecular weight excluding hydrogens is 228 g/mol. The molecule has 108 valence electrons. The average Bonchev–Trinajstić information content (AvgIpc) is 2.37. The number of rotatable bonds is 11. The first-order valence-corrected chi connectivity index (χ1v) is 7.17. The maximum Gasteiger partial charge on any atom is 0.290 e. The Morgan fingerprint density at radius 2 is 1.28 bits per heavy atom. The van der Waals surface area contributed by atoms with E-state index in [1.54, 1.807) is 0 Å². The Balaban J connectivity index is 0. The van der Waals surface area contributed by atoms with Crippen LogP contribution in [0.15, 0.2) is 12.2 Å². The van der Waals surface area contributed by atoms with Crippen LogP contribution in [0.2, 0.25) is 0 Å². The molecule has 0 saturated heterocycles. The maximum absolute atomic E-state index is 8.60. The van der Waals surface area contributed by atoms with Crippen LogP contribution in [0.1, 0.15) is 71.1 Å². The molecule has 0 unspecified atom stereocenters. The van der Waals surface area contributed by atoms with Crippen molar-refractivity contribution in [3.8, 4) is 0 Å². The van der Waals surface area contributed by atoms with Crippen molar-refractivity contribution in [1.29, 1.82) is 0 Å². The van der Waals surface area contributed by atoms with Gasteiger partial charge in [0.15, 0.2) is 0 Å². The number of aliphatic hydroxyl groups excluding tert-OH is 1. The summed E-state index contributed by atoms with van der Waals surface area (Å²) in [6.07, 6.45) is 17.3. The highest BCUT2D eigenvalue weighted by Gasteiger charge is 1.89. The predicted octanol–water partition coefficient (Wildman–Crippen LogP) is 4.16. The summed E-state index contributed by atoms with van der Waals surface area (Å²) in [6.45, 7) is 2.35. The van der Waals surface area contributed by atoms with Crippen LogP contribution in [-0.4, -0.2) is 23.3 Å². The average molecular weight is 258 g/mol. The van der Waals surface area contributed by atoms with Gasteiger partial charge in [-0.25, -0.2) is 0 Å². The topological polar surface area (TPSA) is 57.5 Å². The van der Waals surface area contributed by atoms with Crippen molar-refractivity contribution in [3.63, 3.8) is 0 Å². The minimum atomic E-state index is -0.250. The Bertz CT molecular complexity index is 167. The molecule has 0 aliphatic heterocycles. The number of unbranched alkanes of at least 4 members (excludes halogenated alkanes) is 8. The fourth-order valence-electron chi connectivity index (χ4n) is 1.64. The number of carbonyl (C=O) groups is 1. The Hall–Kier alpha value is -0.830. The van der Waals surface area contributed by atoms with E-state index in [4.69, 9.17) is 15.0 Å². The van der Waals surface area contributed by atoms with Gasteiger partial charge in [0.2, 0.25) is 0 Å². The molecule has 0 radical (unpaired) electrons. The van der Waals surface area contributed by atoms with E-state index < -0.39 is 0 Å². The first kappa shape index (κ1) is 19.5. The normalized spacial score (nSPS) is 10.1. The van der Waals surface area contributed by atoms with Crippen LogP contribution in [0.4, 0.5) is 0 Å². The Kier molecular flexibility index (Phi) is 23.3. The standard InChI is InChI=1S/C14H28O.CH2O2/c1-2-3-4-5-6-7-8-9-10-11-12-13-14-15;2-1-3/h5-6,15H,2-4,7-14H2,1H3;1H,(H,2,3). The SMILES string of the molecule is CCCCC=CCCCCCCCCO.O=CO. The number of allylic oxidation sites excluding steroid dienone is 2. The molecule has 0 spiro atoms. The van der Waals surface area contributed by atoms with E-state index in [9.17, 15) is 0 Å². The summed E-state index contributed by atoms with van der Waals surface area (Å²) in [5, 5.41) is 15.5. The van der Waals surface area contributed by atoms with Gasteiger partial charge in [0, 0.05) is 6.61 Å². The van der Waals surface area contributed by atoms with Gasteiger partial charge in [0.25, 0.3) is 6.47 Å². The summed E-state index contributed by atoms with van der Waals surface area (Å²) in [6, 6.07) is 0. The molecule has 0 rings (SSSR count). The Morgan fingerprint density at radius 3 is 1.78 bits per heavy atom. The van der Waals surface area contributed by atoms with Crippen LogP contribution in [-0.2, 0) is 4.79 Å². The van der Waals surface area contributed by atoms with Crippen molar-refractivity contribution in [3.05, 3.63) is 12.2 Å². The summed E-state index contributed by atoms with van der Waals surface area (Å²) in [7, 11) is 0. The highest BCUT2D eigenvalue weighted by Crippen LogP contribution is 2.07. The fourth-order valence-corrected chi connectivity index (χ4v) is 1.64. The van der Waals surface area contributed by atoms with Crippen molar-refractivity contribution in [2.45, 2.75) is 71.1 Å². The van der Waals surface area contributed by atoms with Crippen molar-refractivity contribution < 1.29 is 15.0 Å². The van der Waals surface area contributed by atoms with Crippen LogP contribution < -0.4 is 0 Å². The number of hydrogen-bond acceptors (Lipinski definition) is 2. The highest BCUT2D eigenvalue weighted by atomic mass is 16.3. The highest BCUT2D eigenvalue weighted by molar-refractivity contribution is 5.32. The summed E-state index contributed by atoms with van der Waals surface area (Å²) in [5.41, 5.74) is 0. The molecule has 3 heteroatoms. The third-order valence-corrected chi connectivity index (χ3v) is 2.67. The van der Waals surface area contributed by atoms with E-state index >= 15 is 0 Å². The molecule has 0 heterocycles. The molecule has 0 saturated carbocycles. The van der Waals surface area contributed by atoms with Crippen LogP contribution in [0.25, 0.3) is 0 Å². The Morgan fingerprint density at radius 1 is 0.833 bits per heavy atom. The monoisotopic (exact) mass is 258 g/mol. The van der Waals surface area contributed by atoms with Crippen LogP contribution in [0.5, 0.6) is 0 Å². The van der Waals surface area contributed by atoms with Gasteiger partial charge in [-0.1, -0.05) is 57.6 Å². The van der Waals surface area contributed by atoms with Crippen molar-refractivity contribution in [2.24, 2.45) is 0 Å².